The molecule has 1 heterocycles. The zero-order valence-electron chi connectivity index (χ0n) is 12.2. The van der Waals surface area contributed by atoms with Gasteiger partial charge in [0.2, 0.25) is 6.41 Å². The number of rotatable bonds is 3. The number of nitrogens with zero attached hydrogens (tertiary/aromatic N) is 2. The van der Waals surface area contributed by atoms with E-state index in [-0.39, 0.29) is 0 Å². The molecule has 7 heteroatoms. The molecule has 0 bridgehead atoms. The van der Waals surface area contributed by atoms with E-state index in [0.717, 1.165) is 15.8 Å². The van der Waals surface area contributed by atoms with E-state index in [1.54, 1.807) is 42.6 Å². The molecule has 3 aromatic rings. The lowest BCUT2D eigenvalue weighted by Gasteiger charge is -2.17. The SMILES string of the molecule is O=CN(C(=O)Nc1ccc(Cl)c(Cl)c1)c1ccc2ncccc2c1. The molecular weight excluding hydrogens is 349 g/mol. The number of urea groups is 1. The highest BCUT2D eigenvalue weighted by molar-refractivity contribution is 6.42. The predicted octanol–water partition coefficient (Wildman–Crippen LogP) is 4.74. The molecule has 3 rings (SSSR count). The Kier molecular flexibility index (Phi) is 4.64. The molecule has 3 amide bonds. The van der Waals surface area contributed by atoms with Gasteiger partial charge in [-0.3, -0.25) is 9.78 Å². The fraction of sp³-hybridized carbons (Fsp3) is 0. The average molecular weight is 360 g/mol. The number of carbonyl (C=O) groups is 2. The Morgan fingerprint density at radius 3 is 2.67 bits per heavy atom. The van der Waals surface area contributed by atoms with Gasteiger partial charge in [0.05, 0.1) is 21.2 Å². The van der Waals surface area contributed by atoms with Crippen LogP contribution in [0.4, 0.5) is 16.2 Å². The number of benzene rings is 2. The van der Waals surface area contributed by atoms with Crippen molar-refractivity contribution >= 4 is 57.9 Å². The molecule has 1 N–H and O–H groups in total. The summed E-state index contributed by atoms with van der Waals surface area (Å²) in [5.74, 6) is 0. The van der Waals surface area contributed by atoms with Gasteiger partial charge in [-0.25, -0.2) is 9.69 Å². The van der Waals surface area contributed by atoms with Crippen molar-refractivity contribution < 1.29 is 9.59 Å². The number of fused-ring (bicyclic) bond motifs is 1. The van der Waals surface area contributed by atoms with Gasteiger partial charge in [0.15, 0.2) is 0 Å². The Balaban J connectivity index is 1.87. The first-order chi connectivity index (χ1) is 11.6. The van der Waals surface area contributed by atoms with Gasteiger partial charge in [-0.05, 0) is 42.5 Å². The summed E-state index contributed by atoms with van der Waals surface area (Å²) in [6.07, 6.45) is 2.13. The minimum atomic E-state index is -0.605. The lowest BCUT2D eigenvalue weighted by Crippen LogP contribution is -2.33. The van der Waals surface area contributed by atoms with Gasteiger partial charge < -0.3 is 5.32 Å². The van der Waals surface area contributed by atoms with E-state index in [9.17, 15) is 9.59 Å². The maximum absolute atomic E-state index is 12.4. The molecule has 0 atom stereocenters. The van der Waals surface area contributed by atoms with Crippen molar-refractivity contribution in [2.24, 2.45) is 0 Å². The van der Waals surface area contributed by atoms with E-state index in [1.807, 2.05) is 6.07 Å². The van der Waals surface area contributed by atoms with Crippen LogP contribution in [0, 0.1) is 0 Å². The van der Waals surface area contributed by atoms with E-state index in [4.69, 9.17) is 23.2 Å². The normalized spacial score (nSPS) is 10.4. The van der Waals surface area contributed by atoms with Crippen LogP contribution >= 0.6 is 23.2 Å². The maximum Gasteiger partial charge on any atom is 0.332 e. The molecule has 0 saturated carbocycles. The molecule has 0 aliphatic rings. The maximum atomic E-state index is 12.4. The van der Waals surface area contributed by atoms with E-state index in [0.29, 0.717) is 27.8 Å². The highest BCUT2D eigenvalue weighted by Crippen LogP contribution is 2.26. The molecule has 0 unspecified atom stereocenters. The summed E-state index contributed by atoms with van der Waals surface area (Å²) in [5, 5.41) is 4.12. The summed E-state index contributed by atoms with van der Waals surface area (Å²) in [6.45, 7) is 0. The molecule has 0 fully saturated rings. The monoisotopic (exact) mass is 359 g/mol. The van der Waals surface area contributed by atoms with Gasteiger partial charge in [0.1, 0.15) is 0 Å². The van der Waals surface area contributed by atoms with Gasteiger partial charge >= 0.3 is 6.03 Å². The second-order valence-electron chi connectivity index (χ2n) is 4.91. The molecule has 120 valence electrons. The number of anilines is 2. The van der Waals surface area contributed by atoms with Crippen molar-refractivity contribution in [1.29, 1.82) is 0 Å². The van der Waals surface area contributed by atoms with Crippen molar-refractivity contribution in [2.75, 3.05) is 10.2 Å². The van der Waals surface area contributed by atoms with E-state index in [1.165, 1.54) is 6.07 Å². The topological polar surface area (TPSA) is 62.3 Å². The Morgan fingerprint density at radius 1 is 1.08 bits per heavy atom. The first kappa shape index (κ1) is 16.2. The van der Waals surface area contributed by atoms with Gasteiger partial charge in [-0.1, -0.05) is 29.3 Å². The van der Waals surface area contributed by atoms with Gasteiger partial charge in [0, 0.05) is 17.3 Å². The van der Waals surface area contributed by atoms with Crippen molar-refractivity contribution in [3.8, 4) is 0 Å². The molecular formula is C17H11Cl2N3O2. The van der Waals surface area contributed by atoms with Gasteiger partial charge in [0.25, 0.3) is 0 Å². The Hall–Kier alpha value is -2.63. The number of aromatic nitrogens is 1. The van der Waals surface area contributed by atoms with Crippen LogP contribution in [-0.2, 0) is 4.79 Å². The van der Waals surface area contributed by atoms with Crippen molar-refractivity contribution in [3.05, 3.63) is 64.8 Å². The Labute approximate surface area is 147 Å². The second kappa shape index (κ2) is 6.86. The first-order valence-corrected chi connectivity index (χ1v) is 7.69. The summed E-state index contributed by atoms with van der Waals surface area (Å²) < 4.78 is 0. The van der Waals surface area contributed by atoms with Crippen molar-refractivity contribution in [1.82, 2.24) is 4.98 Å². The number of pyridine rings is 1. The zero-order valence-corrected chi connectivity index (χ0v) is 13.8. The number of hydrogen-bond donors (Lipinski definition) is 1. The smallest absolute Gasteiger partial charge is 0.307 e. The summed E-state index contributed by atoms with van der Waals surface area (Å²) in [5.41, 5.74) is 1.64. The highest BCUT2D eigenvalue weighted by Gasteiger charge is 2.16. The van der Waals surface area contributed by atoms with Crippen molar-refractivity contribution in [2.45, 2.75) is 0 Å². The summed E-state index contributed by atoms with van der Waals surface area (Å²) in [6, 6.07) is 12.8. The average Bonchev–Trinajstić information content (AvgIpc) is 2.59. The predicted molar refractivity (Wildman–Crippen MR) is 95.8 cm³/mol. The minimum absolute atomic E-state index is 0.309. The first-order valence-electron chi connectivity index (χ1n) is 6.94. The summed E-state index contributed by atoms with van der Waals surface area (Å²) >= 11 is 11.8. The number of halogens is 2. The Bertz CT molecular complexity index is 931. The van der Waals surface area contributed by atoms with Crippen LogP contribution < -0.4 is 10.2 Å². The largest absolute Gasteiger partial charge is 0.332 e. The van der Waals surface area contributed by atoms with Crippen LogP contribution in [0.25, 0.3) is 10.9 Å². The molecule has 0 aliphatic heterocycles. The Morgan fingerprint density at radius 2 is 1.92 bits per heavy atom. The standard InChI is InChI=1S/C17H11Cl2N3O2/c18-14-5-3-12(9-15(14)19)21-17(24)22(10-23)13-4-6-16-11(8-13)2-1-7-20-16/h1-10H,(H,21,24). The molecule has 1 aromatic heterocycles. The molecule has 0 spiro atoms. The molecule has 0 aliphatic carbocycles. The minimum Gasteiger partial charge on any atom is -0.307 e. The van der Waals surface area contributed by atoms with Gasteiger partial charge in [-0.15, -0.1) is 0 Å². The van der Waals surface area contributed by atoms with Crippen molar-refractivity contribution in [3.63, 3.8) is 0 Å². The molecule has 0 saturated heterocycles. The number of carbonyl (C=O) groups excluding carboxylic acids is 2. The second-order valence-corrected chi connectivity index (χ2v) is 5.73. The molecule has 5 nitrogen and oxygen atoms in total. The number of amides is 3. The van der Waals surface area contributed by atoms with Crippen LogP contribution in [0.1, 0.15) is 0 Å². The van der Waals surface area contributed by atoms with E-state index < -0.39 is 6.03 Å². The number of imide groups is 1. The van der Waals surface area contributed by atoms with Crippen LogP contribution in [-0.4, -0.2) is 17.4 Å². The fourth-order valence-corrected chi connectivity index (χ4v) is 2.49. The fourth-order valence-electron chi connectivity index (χ4n) is 2.20. The zero-order chi connectivity index (χ0) is 17.1. The quantitative estimate of drug-likeness (QED) is 0.687. The number of hydrogen-bond acceptors (Lipinski definition) is 3. The van der Waals surface area contributed by atoms with Gasteiger partial charge in [-0.2, -0.15) is 0 Å². The third kappa shape index (κ3) is 3.32. The summed E-state index contributed by atoms with van der Waals surface area (Å²) in [4.78, 5) is 28.9. The van der Waals surface area contributed by atoms with Crippen LogP contribution in [0.3, 0.4) is 0 Å². The van der Waals surface area contributed by atoms with Crippen LogP contribution in [0.5, 0.6) is 0 Å². The van der Waals surface area contributed by atoms with E-state index in [2.05, 4.69) is 10.3 Å². The third-order valence-corrected chi connectivity index (χ3v) is 4.10. The van der Waals surface area contributed by atoms with Crippen LogP contribution in [0.15, 0.2) is 54.7 Å². The molecule has 0 radical (unpaired) electrons. The lowest BCUT2D eigenvalue weighted by atomic mass is 10.2. The third-order valence-electron chi connectivity index (χ3n) is 3.36. The van der Waals surface area contributed by atoms with E-state index >= 15 is 0 Å². The van der Waals surface area contributed by atoms with Crippen LogP contribution in [0.2, 0.25) is 10.0 Å². The summed E-state index contributed by atoms with van der Waals surface area (Å²) in [7, 11) is 0. The molecule has 2 aromatic carbocycles. The number of nitrogens with one attached hydrogen (secondary N) is 1. The highest BCUT2D eigenvalue weighted by atomic mass is 35.5. The lowest BCUT2D eigenvalue weighted by molar-refractivity contribution is -0.106. The molecule has 24 heavy (non-hydrogen) atoms.